The maximum Gasteiger partial charge on any atom is 0.404 e. The van der Waals surface area contributed by atoms with E-state index in [9.17, 15) is 26.3 Å². The third-order valence-electron chi connectivity index (χ3n) is 6.60. The first-order valence-corrected chi connectivity index (χ1v) is 12.9. The Morgan fingerprint density at radius 3 is 1.23 bits per heavy atom. The van der Waals surface area contributed by atoms with Gasteiger partial charge in [0.1, 0.15) is 23.0 Å². The number of rotatable bonds is 7. The van der Waals surface area contributed by atoms with Crippen molar-refractivity contribution in [1.82, 2.24) is 0 Å². The average Bonchev–Trinajstić information content (AvgIpc) is 2.95. The van der Waals surface area contributed by atoms with Crippen LogP contribution < -0.4 is 20.9 Å². The molecule has 0 bridgehead atoms. The van der Waals surface area contributed by atoms with Crippen LogP contribution in [-0.4, -0.2) is 12.4 Å². The van der Waals surface area contributed by atoms with Crippen LogP contribution in [0.2, 0.25) is 0 Å². The van der Waals surface area contributed by atoms with Crippen LogP contribution in [0.5, 0.6) is 23.0 Å². The zero-order chi connectivity index (χ0) is 30.8. The quantitative estimate of drug-likeness (QED) is 0.145. The smallest absolute Gasteiger partial charge is 0.404 e. The number of ether oxygens (including phenoxy) is 2. The predicted molar refractivity (Wildman–Crippen MR) is 154 cm³/mol. The molecule has 0 heterocycles. The van der Waals surface area contributed by atoms with E-state index >= 15 is 0 Å². The van der Waals surface area contributed by atoms with E-state index in [1.807, 2.05) is 0 Å². The van der Waals surface area contributed by atoms with Crippen molar-refractivity contribution in [2.24, 2.45) is 0 Å². The lowest BCUT2D eigenvalue weighted by molar-refractivity contribution is -0.253. The van der Waals surface area contributed by atoms with E-state index in [0.717, 1.165) is 6.07 Å². The van der Waals surface area contributed by atoms with Gasteiger partial charge in [-0.25, -0.2) is 0 Å². The summed E-state index contributed by atoms with van der Waals surface area (Å²) in [4.78, 5) is 0. The number of benzene rings is 5. The number of halogens is 6. The summed E-state index contributed by atoms with van der Waals surface area (Å²) in [5.41, 5.74) is 12.1. The summed E-state index contributed by atoms with van der Waals surface area (Å²) in [5, 5.41) is 0. The molecule has 0 fully saturated rings. The lowest BCUT2D eigenvalue weighted by atomic mass is 9.84. The molecule has 0 radical (unpaired) electrons. The van der Waals surface area contributed by atoms with E-state index < -0.39 is 23.8 Å². The highest BCUT2D eigenvalue weighted by Gasteiger charge is 2.58. The average molecular weight is 595 g/mol. The monoisotopic (exact) mass is 594 g/mol. The molecule has 0 unspecified atom stereocenters. The molecule has 4 nitrogen and oxygen atoms in total. The molecule has 0 aliphatic carbocycles. The summed E-state index contributed by atoms with van der Waals surface area (Å²) in [7, 11) is 0. The highest BCUT2D eigenvalue weighted by molar-refractivity contribution is 5.86. The first-order chi connectivity index (χ1) is 20.4. The van der Waals surface area contributed by atoms with Crippen LogP contribution in [0.15, 0.2) is 115 Å². The van der Waals surface area contributed by atoms with Gasteiger partial charge in [0.05, 0.1) is 0 Å². The molecule has 0 spiro atoms. The minimum atomic E-state index is -5.58. The molecule has 10 heteroatoms. The van der Waals surface area contributed by atoms with Crippen LogP contribution >= 0.6 is 0 Å². The zero-order valence-corrected chi connectivity index (χ0v) is 22.3. The van der Waals surface area contributed by atoms with E-state index in [-0.39, 0.29) is 16.7 Å². The number of anilines is 2. The van der Waals surface area contributed by atoms with Gasteiger partial charge < -0.3 is 20.9 Å². The zero-order valence-electron chi connectivity index (χ0n) is 22.3. The number of nitrogen functional groups attached to an aromatic ring is 2. The van der Waals surface area contributed by atoms with Crippen LogP contribution in [0, 0.1) is 0 Å². The highest BCUT2D eigenvalue weighted by atomic mass is 19.4. The Kier molecular flexibility index (Phi) is 7.95. The van der Waals surface area contributed by atoms with Gasteiger partial charge in [0.15, 0.2) is 5.92 Å². The Morgan fingerprint density at radius 2 is 0.837 bits per heavy atom. The van der Waals surface area contributed by atoms with Gasteiger partial charge in [-0.15, -0.1) is 0 Å². The van der Waals surface area contributed by atoms with Crippen molar-refractivity contribution in [1.29, 1.82) is 0 Å². The van der Waals surface area contributed by atoms with Crippen molar-refractivity contribution in [3.63, 3.8) is 0 Å². The second-order valence-corrected chi connectivity index (χ2v) is 9.68. The Hall–Kier alpha value is -5.12. The van der Waals surface area contributed by atoms with E-state index in [2.05, 4.69) is 0 Å². The number of nitrogens with two attached hydrogens (primary N) is 2. The molecule has 0 aromatic heterocycles. The van der Waals surface area contributed by atoms with Gasteiger partial charge in [0, 0.05) is 11.4 Å². The van der Waals surface area contributed by atoms with Gasteiger partial charge in [-0.1, -0.05) is 42.5 Å². The van der Waals surface area contributed by atoms with E-state index in [0.29, 0.717) is 39.9 Å². The van der Waals surface area contributed by atoms with Gasteiger partial charge in [-0.2, -0.15) is 26.3 Å². The molecular weight excluding hydrogens is 570 g/mol. The SMILES string of the molecule is Nc1ccc(Oc2ccc(-c3cccc(C(C(F)(F)F)C(F)(F)F)c3-c3ccc(Oc4ccc(N)cc4)cc3)cc2)cc1. The molecule has 5 aromatic carbocycles. The third-order valence-corrected chi connectivity index (χ3v) is 6.60. The number of hydrogen-bond acceptors (Lipinski definition) is 4. The summed E-state index contributed by atoms with van der Waals surface area (Å²) in [5.74, 6) is -1.99. The summed E-state index contributed by atoms with van der Waals surface area (Å²) in [6.07, 6.45) is -11.2. The lowest BCUT2D eigenvalue weighted by Crippen LogP contribution is -2.34. The Morgan fingerprint density at radius 1 is 0.465 bits per heavy atom. The van der Waals surface area contributed by atoms with Gasteiger partial charge in [0.2, 0.25) is 0 Å². The fourth-order valence-corrected chi connectivity index (χ4v) is 4.65. The van der Waals surface area contributed by atoms with Gasteiger partial charge in [-0.05, 0) is 101 Å². The Balaban J connectivity index is 1.57. The predicted octanol–water partition coefficient (Wildman–Crippen LogP) is 9.98. The maximum absolute atomic E-state index is 14.0. The van der Waals surface area contributed by atoms with Gasteiger partial charge >= 0.3 is 12.4 Å². The van der Waals surface area contributed by atoms with Crippen molar-refractivity contribution >= 4 is 11.4 Å². The molecule has 4 N–H and O–H groups in total. The van der Waals surface area contributed by atoms with Crippen molar-refractivity contribution in [2.45, 2.75) is 18.3 Å². The van der Waals surface area contributed by atoms with Crippen LogP contribution in [-0.2, 0) is 0 Å². The van der Waals surface area contributed by atoms with Crippen LogP contribution in [0.1, 0.15) is 11.5 Å². The molecule has 0 amide bonds. The standard InChI is InChI=1S/C33H24F6N2O2/c34-32(35,36)31(33(37,38)39)29-3-1-2-28(20-4-12-24(13-5-20)42-26-16-8-22(40)9-17-26)30(29)21-6-14-25(15-7-21)43-27-18-10-23(41)11-19-27/h1-19,31H,40-41H2. The fraction of sp³-hybridized carbons (Fsp3) is 0.0909. The van der Waals surface area contributed by atoms with Crippen molar-refractivity contribution in [3.8, 4) is 45.3 Å². The molecule has 5 aromatic rings. The molecule has 5 rings (SSSR count). The second-order valence-electron chi connectivity index (χ2n) is 9.68. The van der Waals surface area contributed by atoms with Gasteiger partial charge in [-0.3, -0.25) is 0 Å². The molecule has 43 heavy (non-hydrogen) atoms. The Bertz CT molecular complexity index is 1670. The molecular formula is C33H24F6N2O2. The van der Waals surface area contributed by atoms with Crippen LogP contribution in [0.25, 0.3) is 22.3 Å². The maximum atomic E-state index is 14.0. The molecule has 0 aliphatic rings. The normalized spacial score (nSPS) is 11.9. The van der Waals surface area contributed by atoms with Crippen molar-refractivity contribution in [2.75, 3.05) is 11.5 Å². The summed E-state index contributed by atoms with van der Waals surface area (Å²) >= 11 is 0. The Labute approximate surface area is 243 Å². The van der Waals surface area contributed by atoms with E-state index in [1.54, 1.807) is 72.8 Å². The molecule has 0 aliphatic heterocycles. The van der Waals surface area contributed by atoms with E-state index in [1.165, 1.54) is 36.4 Å². The first kappa shape index (κ1) is 29.4. The van der Waals surface area contributed by atoms with Crippen LogP contribution in [0.3, 0.4) is 0 Å². The molecule has 0 atom stereocenters. The molecule has 220 valence electrons. The minimum absolute atomic E-state index is 0.149. The topological polar surface area (TPSA) is 70.5 Å². The largest absolute Gasteiger partial charge is 0.457 e. The minimum Gasteiger partial charge on any atom is -0.457 e. The summed E-state index contributed by atoms with van der Waals surface area (Å²) in [6.45, 7) is 0. The number of alkyl halides is 6. The number of hydrogen-bond donors (Lipinski definition) is 2. The van der Waals surface area contributed by atoms with Crippen LogP contribution in [0.4, 0.5) is 37.7 Å². The third kappa shape index (κ3) is 6.86. The fourth-order valence-electron chi connectivity index (χ4n) is 4.65. The molecule has 0 saturated carbocycles. The lowest BCUT2D eigenvalue weighted by Gasteiger charge is -2.27. The van der Waals surface area contributed by atoms with Gasteiger partial charge in [0.25, 0.3) is 0 Å². The second kappa shape index (κ2) is 11.6. The summed E-state index contributed by atoms with van der Waals surface area (Å²) in [6, 6.07) is 28.8. The van der Waals surface area contributed by atoms with Crippen molar-refractivity contribution in [3.05, 3.63) is 121 Å². The first-order valence-electron chi connectivity index (χ1n) is 12.9. The summed E-state index contributed by atoms with van der Waals surface area (Å²) < 4.78 is 95.4. The van der Waals surface area contributed by atoms with E-state index in [4.69, 9.17) is 20.9 Å². The highest BCUT2D eigenvalue weighted by Crippen LogP contribution is 2.51. The molecule has 0 saturated heterocycles. The van der Waals surface area contributed by atoms with Crippen molar-refractivity contribution < 1.29 is 35.8 Å².